The van der Waals surface area contributed by atoms with Crippen LogP contribution in [0.4, 0.5) is 0 Å². The maximum Gasteiger partial charge on any atom is -0.0157 e. The van der Waals surface area contributed by atoms with E-state index in [9.17, 15) is 0 Å². The first kappa shape index (κ1) is 9.45. The first-order chi connectivity index (χ1) is 7.36. The molecule has 0 radical (unpaired) electrons. The van der Waals surface area contributed by atoms with Crippen LogP contribution in [-0.2, 0) is 6.42 Å². The van der Waals surface area contributed by atoms with Crippen LogP contribution in [0.15, 0.2) is 24.3 Å². The summed E-state index contributed by atoms with van der Waals surface area (Å²) in [5.41, 5.74) is 3.27. The number of rotatable bonds is 0. The Kier molecular flexibility index (Phi) is 2.31. The quantitative estimate of drug-likeness (QED) is 0.590. The molecule has 1 saturated carbocycles. The molecule has 3 rings (SSSR count). The highest BCUT2D eigenvalue weighted by molar-refractivity contribution is 5.33. The van der Waals surface area contributed by atoms with E-state index in [0.717, 1.165) is 17.8 Å². The summed E-state index contributed by atoms with van der Waals surface area (Å²) < 4.78 is 0. The highest BCUT2D eigenvalue weighted by Gasteiger charge is 2.34. The third-order valence-corrected chi connectivity index (χ3v) is 4.64. The van der Waals surface area contributed by atoms with Crippen molar-refractivity contribution in [1.29, 1.82) is 0 Å². The number of fused-ring (bicyclic) bond motifs is 2. The molecule has 0 amide bonds. The summed E-state index contributed by atoms with van der Waals surface area (Å²) in [5, 5.41) is 0. The molecular weight excluding hydrogens is 180 g/mol. The minimum atomic E-state index is 0.806. The van der Waals surface area contributed by atoms with E-state index in [1.165, 1.54) is 32.1 Å². The van der Waals surface area contributed by atoms with Gasteiger partial charge in [-0.1, -0.05) is 44.0 Å². The summed E-state index contributed by atoms with van der Waals surface area (Å²) >= 11 is 0. The maximum absolute atomic E-state index is 2.45. The molecule has 0 bridgehead atoms. The Hall–Kier alpha value is -0.780. The SMILES string of the molecule is C[C@@H]1c2ccccc2C[C@@H]2CCCC[C@@H]21. The van der Waals surface area contributed by atoms with E-state index >= 15 is 0 Å². The first-order valence-corrected chi connectivity index (χ1v) is 6.44. The van der Waals surface area contributed by atoms with E-state index in [0.29, 0.717) is 0 Å². The summed E-state index contributed by atoms with van der Waals surface area (Å²) in [6.45, 7) is 2.45. The fourth-order valence-electron chi connectivity index (χ4n) is 3.83. The van der Waals surface area contributed by atoms with Crippen LogP contribution < -0.4 is 0 Å². The van der Waals surface area contributed by atoms with Gasteiger partial charge in [0.05, 0.1) is 0 Å². The molecule has 2 aliphatic rings. The predicted octanol–water partition coefficient (Wildman–Crippen LogP) is 4.15. The number of hydrogen-bond acceptors (Lipinski definition) is 0. The molecule has 0 N–H and O–H groups in total. The summed E-state index contributed by atoms with van der Waals surface area (Å²) in [5.74, 6) is 2.78. The third kappa shape index (κ3) is 1.51. The normalized spacial score (nSPS) is 34.3. The van der Waals surface area contributed by atoms with Crippen LogP contribution in [-0.4, -0.2) is 0 Å². The zero-order valence-electron chi connectivity index (χ0n) is 9.58. The Bertz CT molecular complexity index is 353. The van der Waals surface area contributed by atoms with E-state index in [1.807, 2.05) is 0 Å². The highest BCUT2D eigenvalue weighted by Crippen LogP contribution is 2.46. The molecule has 3 atom stereocenters. The van der Waals surface area contributed by atoms with Gasteiger partial charge in [-0.15, -0.1) is 0 Å². The molecule has 1 fully saturated rings. The van der Waals surface area contributed by atoms with E-state index in [2.05, 4.69) is 31.2 Å². The molecule has 0 heteroatoms. The van der Waals surface area contributed by atoms with Crippen LogP contribution in [0.1, 0.15) is 49.7 Å². The standard InChI is InChI=1S/C15H20/c1-11-14-8-4-2-6-12(14)10-13-7-3-5-9-15(11)13/h2,4,6,8,11,13,15H,3,5,7,9-10H2,1H3/t11-,13+,15-/m1/s1. The summed E-state index contributed by atoms with van der Waals surface area (Å²) in [6, 6.07) is 9.11. The summed E-state index contributed by atoms with van der Waals surface area (Å²) in [6.07, 6.45) is 7.23. The summed E-state index contributed by atoms with van der Waals surface area (Å²) in [7, 11) is 0. The topological polar surface area (TPSA) is 0 Å². The fraction of sp³-hybridized carbons (Fsp3) is 0.600. The van der Waals surface area contributed by atoms with E-state index < -0.39 is 0 Å². The van der Waals surface area contributed by atoms with Crippen LogP contribution in [0, 0.1) is 11.8 Å². The minimum Gasteiger partial charge on any atom is -0.0620 e. The zero-order chi connectivity index (χ0) is 10.3. The molecule has 80 valence electrons. The van der Waals surface area contributed by atoms with Crippen LogP contribution in [0.3, 0.4) is 0 Å². The molecule has 0 unspecified atom stereocenters. The molecule has 0 heterocycles. The Morgan fingerprint density at radius 2 is 1.87 bits per heavy atom. The van der Waals surface area contributed by atoms with Gasteiger partial charge in [-0.2, -0.15) is 0 Å². The Labute approximate surface area is 92.7 Å². The molecule has 1 aromatic rings. The second-order valence-corrected chi connectivity index (χ2v) is 5.40. The molecule has 2 aliphatic carbocycles. The highest BCUT2D eigenvalue weighted by atomic mass is 14.4. The van der Waals surface area contributed by atoms with E-state index in [1.54, 1.807) is 11.1 Å². The maximum atomic E-state index is 2.45. The van der Waals surface area contributed by atoms with Gasteiger partial charge >= 0.3 is 0 Å². The van der Waals surface area contributed by atoms with Crippen molar-refractivity contribution in [2.75, 3.05) is 0 Å². The molecule has 15 heavy (non-hydrogen) atoms. The summed E-state index contributed by atoms with van der Waals surface area (Å²) in [4.78, 5) is 0. The van der Waals surface area contributed by atoms with Crippen molar-refractivity contribution in [1.82, 2.24) is 0 Å². The zero-order valence-corrected chi connectivity index (χ0v) is 9.58. The van der Waals surface area contributed by atoms with Crippen molar-refractivity contribution in [3.05, 3.63) is 35.4 Å². The predicted molar refractivity (Wildman–Crippen MR) is 64.0 cm³/mol. The second kappa shape index (κ2) is 3.66. The van der Waals surface area contributed by atoms with Crippen LogP contribution in [0.25, 0.3) is 0 Å². The van der Waals surface area contributed by atoms with Crippen molar-refractivity contribution in [3.8, 4) is 0 Å². The van der Waals surface area contributed by atoms with Gasteiger partial charge in [-0.3, -0.25) is 0 Å². The lowest BCUT2D eigenvalue weighted by Crippen LogP contribution is -2.30. The van der Waals surface area contributed by atoms with Crippen molar-refractivity contribution in [2.45, 2.75) is 44.9 Å². The third-order valence-electron chi connectivity index (χ3n) is 4.64. The van der Waals surface area contributed by atoms with Crippen molar-refractivity contribution < 1.29 is 0 Å². The van der Waals surface area contributed by atoms with Gasteiger partial charge in [0.15, 0.2) is 0 Å². The monoisotopic (exact) mass is 200 g/mol. The molecule has 0 spiro atoms. The van der Waals surface area contributed by atoms with Gasteiger partial charge in [0, 0.05) is 0 Å². The lowest BCUT2D eigenvalue weighted by molar-refractivity contribution is 0.191. The molecule has 0 aromatic heterocycles. The average Bonchev–Trinajstić information content (AvgIpc) is 2.30. The Balaban J connectivity index is 1.98. The molecule has 0 nitrogen and oxygen atoms in total. The van der Waals surface area contributed by atoms with Gasteiger partial charge < -0.3 is 0 Å². The lowest BCUT2D eigenvalue weighted by Gasteiger charge is -2.41. The van der Waals surface area contributed by atoms with Gasteiger partial charge in [0.2, 0.25) is 0 Å². The molecule has 0 saturated heterocycles. The van der Waals surface area contributed by atoms with Gasteiger partial charge in [0.1, 0.15) is 0 Å². The Morgan fingerprint density at radius 3 is 2.80 bits per heavy atom. The van der Waals surface area contributed by atoms with E-state index in [-0.39, 0.29) is 0 Å². The fourth-order valence-corrected chi connectivity index (χ4v) is 3.83. The number of hydrogen-bond donors (Lipinski definition) is 0. The molecule has 1 aromatic carbocycles. The Morgan fingerprint density at radius 1 is 1.07 bits per heavy atom. The van der Waals surface area contributed by atoms with Crippen molar-refractivity contribution >= 4 is 0 Å². The second-order valence-electron chi connectivity index (χ2n) is 5.40. The largest absolute Gasteiger partial charge is 0.0620 e. The molecule has 0 aliphatic heterocycles. The van der Waals surface area contributed by atoms with E-state index in [4.69, 9.17) is 0 Å². The number of benzene rings is 1. The molecular formula is C15H20. The average molecular weight is 200 g/mol. The smallest absolute Gasteiger partial charge is 0.0157 e. The van der Waals surface area contributed by atoms with Crippen LogP contribution in [0.2, 0.25) is 0 Å². The van der Waals surface area contributed by atoms with Gasteiger partial charge in [-0.05, 0) is 48.1 Å². The van der Waals surface area contributed by atoms with Crippen molar-refractivity contribution in [3.63, 3.8) is 0 Å². The van der Waals surface area contributed by atoms with Gasteiger partial charge in [0.25, 0.3) is 0 Å². The van der Waals surface area contributed by atoms with Crippen molar-refractivity contribution in [2.24, 2.45) is 11.8 Å². The lowest BCUT2D eigenvalue weighted by atomic mass is 9.64. The van der Waals surface area contributed by atoms with Gasteiger partial charge in [-0.25, -0.2) is 0 Å². The van der Waals surface area contributed by atoms with Crippen LogP contribution in [0.5, 0.6) is 0 Å². The minimum absolute atomic E-state index is 0.806. The first-order valence-electron chi connectivity index (χ1n) is 6.44. The van der Waals surface area contributed by atoms with Crippen LogP contribution >= 0.6 is 0 Å².